The molecular formula is C14H22ClN5O. The summed E-state index contributed by atoms with van der Waals surface area (Å²) in [5, 5.41) is 0.276. The number of anilines is 2. The van der Waals surface area contributed by atoms with E-state index in [-0.39, 0.29) is 5.28 Å². The molecule has 2 aliphatic rings. The fourth-order valence-electron chi connectivity index (χ4n) is 2.93. The Balaban J connectivity index is 1.85. The summed E-state index contributed by atoms with van der Waals surface area (Å²) in [6.45, 7) is 6.24. The van der Waals surface area contributed by atoms with Crippen LogP contribution in [0.2, 0.25) is 5.28 Å². The van der Waals surface area contributed by atoms with Gasteiger partial charge < -0.3 is 14.5 Å². The molecule has 0 saturated carbocycles. The summed E-state index contributed by atoms with van der Waals surface area (Å²) in [5.41, 5.74) is 0. The molecule has 2 saturated heterocycles. The highest BCUT2D eigenvalue weighted by Crippen LogP contribution is 2.24. The van der Waals surface area contributed by atoms with Crippen molar-refractivity contribution in [1.82, 2.24) is 15.0 Å². The largest absolute Gasteiger partial charge is 0.378 e. The van der Waals surface area contributed by atoms with Gasteiger partial charge in [-0.1, -0.05) is 12.8 Å². The van der Waals surface area contributed by atoms with Crippen molar-refractivity contribution in [2.45, 2.75) is 38.6 Å². The van der Waals surface area contributed by atoms with Gasteiger partial charge in [-0.15, -0.1) is 0 Å². The maximum absolute atomic E-state index is 6.13. The molecular weight excluding hydrogens is 290 g/mol. The van der Waals surface area contributed by atoms with Crippen molar-refractivity contribution in [3.05, 3.63) is 5.28 Å². The van der Waals surface area contributed by atoms with Crippen LogP contribution in [0.15, 0.2) is 0 Å². The number of aromatic nitrogens is 3. The van der Waals surface area contributed by atoms with Gasteiger partial charge in [-0.25, -0.2) is 0 Å². The predicted octanol–water partition coefficient (Wildman–Crippen LogP) is 2.13. The highest BCUT2D eigenvalue weighted by Gasteiger charge is 2.22. The number of rotatable bonds is 2. The van der Waals surface area contributed by atoms with E-state index >= 15 is 0 Å². The maximum Gasteiger partial charge on any atom is 0.231 e. The first-order valence-corrected chi connectivity index (χ1v) is 8.13. The third kappa shape index (κ3) is 3.55. The molecule has 6 nitrogen and oxygen atoms in total. The van der Waals surface area contributed by atoms with Gasteiger partial charge in [0.05, 0.1) is 13.2 Å². The van der Waals surface area contributed by atoms with Crippen LogP contribution < -0.4 is 9.80 Å². The zero-order chi connectivity index (χ0) is 14.7. The van der Waals surface area contributed by atoms with Crippen molar-refractivity contribution >= 4 is 23.5 Å². The zero-order valence-electron chi connectivity index (χ0n) is 12.5. The Bertz CT molecular complexity index is 480. The third-order valence-electron chi connectivity index (χ3n) is 4.19. The molecule has 1 unspecified atom stereocenters. The highest BCUT2D eigenvalue weighted by atomic mass is 35.5. The quantitative estimate of drug-likeness (QED) is 0.834. The van der Waals surface area contributed by atoms with E-state index in [1.165, 1.54) is 25.7 Å². The molecule has 0 bridgehead atoms. The normalized spacial score (nSPS) is 24.0. The smallest absolute Gasteiger partial charge is 0.231 e. The van der Waals surface area contributed by atoms with E-state index in [4.69, 9.17) is 16.3 Å². The number of hydrogen-bond donors (Lipinski definition) is 0. The van der Waals surface area contributed by atoms with Gasteiger partial charge in [0.15, 0.2) is 0 Å². The molecule has 1 aromatic rings. The molecule has 3 heterocycles. The second-order valence-corrected chi connectivity index (χ2v) is 6.03. The number of halogens is 1. The molecule has 0 spiro atoms. The second-order valence-electron chi connectivity index (χ2n) is 5.70. The molecule has 0 aliphatic carbocycles. The monoisotopic (exact) mass is 311 g/mol. The van der Waals surface area contributed by atoms with Crippen molar-refractivity contribution in [3.8, 4) is 0 Å². The molecule has 1 atom stereocenters. The lowest BCUT2D eigenvalue weighted by Crippen LogP contribution is -2.39. The summed E-state index contributed by atoms with van der Waals surface area (Å²) >= 11 is 6.13. The van der Waals surface area contributed by atoms with Gasteiger partial charge in [0.1, 0.15) is 0 Å². The summed E-state index contributed by atoms with van der Waals surface area (Å²) in [6.07, 6.45) is 4.90. The average molecular weight is 312 g/mol. The molecule has 7 heteroatoms. The molecule has 2 aliphatic heterocycles. The topological polar surface area (TPSA) is 54.4 Å². The molecule has 0 aromatic carbocycles. The van der Waals surface area contributed by atoms with Gasteiger partial charge in [0, 0.05) is 25.7 Å². The molecule has 0 radical (unpaired) electrons. The van der Waals surface area contributed by atoms with Crippen LogP contribution in [0.4, 0.5) is 11.9 Å². The van der Waals surface area contributed by atoms with Crippen LogP contribution in [0.3, 0.4) is 0 Å². The fourth-order valence-corrected chi connectivity index (χ4v) is 3.09. The molecule has 0 N–H and O–H groups in total. The van der Waals surface area contributed by atoms with Crippen LogP contribution in [-0.2, 0) is 4.74 Å². The van der Waals surface area contributed by atoms with E-state index < -0.39 is 0 Å². The minimum absolute atomic E-state index is 0.276. The zero-order valence-corrected chi connectivity index (χ0v) is 13.2. The number of ether oxygens (including phenoxy) is 1. The van der Waals surface area contributed by atoms with Crippen LogP contribution in [0.5, 0.6) is 0 Å². The van der Waals surface area contributed by atoms with Crippen molar-refractivity contribution in [3.63, 3.8) is 0 Å². The van der Waals surface area contributed by atoms with Crippen LogP contribution in [0, 0.1) is 0 Å². The van der Waals surface area contributed by atoms with Gasteiger partial charge in [-0.2, -0.15) is 15.0 Å². The van der Waals surface area contributed by atoms with Crippen LogP contribution in [-0.4, -0.2) is 53.8 Å². The van der Waals surface area contributed by atoms with Crippen molar-refractivity contribution in [2.24, 2.45) is 0 Å². The minimum Gasteiger partial charge on any atom is -0.378 e. The second kappa shape index (κ2) is 6.75. The first kappa shape index (κ1) is 14.8. The standard InChI is InChI=1S/C14H22ClN5O/c1-11-5-3-2-4-6-20(11)14-17-12(15)16-13(18-14)19-7-9-21-10-8-19/h11H,2-10H2,1H3. The Morgan fingerprint density at radius 1 is 1.00 bits per heavy atom. The van der Waals surface area contributed by atoms with Gasteiger partial charge in [-0.05, 0) is 31.4 Å². The summed E-state index contributed by atoms with van der Waals surface area (Å²) in [4.78, 5) is 17.7. The molecule has 2 fully saturated rings. The molecule has 0 amide bonds. The van der Waals surface area contributed by atoms with E-state index in [9.17, 15) is 0 Å². The fraction of sp³-hybridized carbons (Fsp3) is 0.786. The van der Waals surface area contributed by atoms with Crippen molar-refractivity contribution in [1.29, 1.82) is 0 Å². The maximum atomic E-state index is 6.13. The summed E-state index contributed by atoms with van der Waals surface area (Å²) in [5.74, 6) is 1.38. The summed E-state index contributed by atoms with van der Waals surface area (Å²) in [6, 6.07) is 0.448. The molecule has 1 aromatic heterocycles. The summed E-state index contributed by atoms with van der Waals surface area (Å²) < 4.78 is 5.38. The van der Waals surface area contributed by atoms with Crippen LogP contribution in [0.25, 0.3) is 0 Å². The van der Waals surface area contributed by atoms with E-state index in [1.54, 1.807) is 0 Å². The first-order chi connectivity index (χ1) is 10.2. The Kier molecular flexibility index (Phi) is 4.75. The average Bonchev–Trinajstić information content (AvgIpc) is 2.72. The Morgan fingerprint density at radius 2 is 1.76 bits per heavy atom. The minimum atomic E-state index is 0.276. The van der Waals surface area contributed by atoms with Gasteiger partial charge in [0.25, 0.3) is 0 Å². The van der Waals surface area contributed by atoms with E-state index in [0.29, 0.717) is 31.2 Å². The Morgan fingerprint density at radius 3 is 2.57 bits per heavy atom. The van der Waals surface area contributed by atoms with Crippen LogP contribution in [0.1, 0.15) is 32.6 Å². The Labute approximate surface area is 130 Å². The van der Waals surface area contributed by atoms with E-state index in [1.807, 2.05) is 0 Å². The molecule has 116 valence electrons. The van der Waals surface area contributed by atoms with Gasteiger partial charge in [-0.3, -0.25) is 0 Å². The molecule has 3 rings (SSSR count). The summed E-state index contributed by atoms with van der Waals surface area (Å²) in [7, 11) is 0. The highest BCUT2D eigenvalue weighted by molar-refractivity contribution is 6.28. The van der Waals surface area contributed by atoms with E-state index in [2.05, 4.69) is 31.7 Å². The lowest BCUT2D eigenvalue weighted by atomic mass is 10.1. The van der Waals surface area contributed by atoms with Crippen LogP contribution >= 0.6 is 11.6 Å². The lowest BCUT2D eigenvalue weighted by Gasteiger charge is -2.30. The number of hydrogen-bond acceptors (Lipinski definition) is 6. The van der Waals surface area contributed by atoms with Crippen molar-refractivity contribution < 1.29 is 4.74 Å². The third-order valence-corrected chi connectivity index (χ3v) is 4.36. The SMILES string of the molecule is CC1CCCCCN1c1nc(Cl)nc(N2CCOCC2)n1. The van der Waals surface area contributed by atoms with Crippen molar-refractivity contribution in [2.75, 3.05) is 42.6 Å². The number of nitrogens with zero attached hydrogens (tertiary/aromatic N) is 5. The first-order valence-electron chi connectivity index (χ1n) is 7.75. The lowest BCUT2D eigenvalue weighted by molar-refractivity contribution is 0.122. The number of morpholine rings is 1. The Hall–Kier alpha value is -1.14. The van der Waals surface area contributed by atoms with E-state index in [0.717, 1.165) is 19.6 Å². The van der Waals surface area contributed by atoms with Gasteiger partial charge >= 0.3 is 0 Å². The predicted molar refractivity (Wildman–Crippen MR) is 83.1 cm³/mol. The molecule has 21 heavy (non-hydrogen) atoms. The van der Waals surface area contributed by atoms with Gasteiger partial charge in [0.2, 0.25) is 17.2 Å².